The summed E-state index contributed by atoms with van der Waals surface area (Å²) in [6.07, 6.45) is 2.21. The summed E-state index contributed by atoms with van der Waals surface area (Å²) in [5.41, 5.74) is 3.72. The van der Waals surface area contributed by atoms with Gasteiger partial charge in [-0.25, -0.2) is 0 Å². The highest BCUT2D eigenvalue weighted by atomic mass is 35.5. The molecule has 0 bridgehead atoms. The van der Waals surface area contributed by atoms with E-state index in [0.29, 0.717) is 10.0 Å². The molecule has 3 heteroatoms. The zero-order valence-corrected chi connectivity index (χ0v) is 13.4. The van der Waals surface area contributed by atoms with Crippen LogP contribution in [0.2, 0.25) is 10.0 Å². The van der Waals surface area contributed by atoms with Gasteiger partial charge in [-0.2, -0.15) is 0 Å². The summed E-state index contributed by atoms with van der Waals surface area (Å²) in [6.45, 7) is 1.09. The van der Waals surface area contributed by atoms with Crippen molar-refractivity contribution in [1.29, 1.82) is 0 Å². The lowest BCUT2D eigenvalue weighted by Gasteiger charge is -2.12. The molecule has 0 atom stereocenters. The molecule has 0 saturated heterocycles. The standard InChI is InChI=1S/C17H19Cl2N/c1-20(2)11-5-7-13-6-3-4-8-15(13)14-9-10-16(18)17(19)12-14/h3-4,6,8-10,12H,5,7,11H2,1-2H3. The molecule has 0 aliphatic carbocycles. The van der Waals surface area contributed by atoms with Gasteiger partial charge in [0.1, 0.15) is 0 Å². The summed E-state index contributed by atoms with van der Waals surface area (Å²) < 4.78 is 0. The number of hydrogen-bond donors (Lipinski definition) is 0. The zero-order valence-electron chi connectivity index (χ0n) is 11.9. The molecule has 0 aliphatic heterocycles. The van der Waals surface area contributed by atoms with Crippen LogP contribution in [0, 0.1) is 0 Å². The Bertz CT molecular complexity index is 579. The minimum absolute atomic E-state index is 0.598. The molecule has 0 N–H and O–H groups in total. The molecule has 0 fully saturated rings. The van der Waals surface area contributed by atoms with E-state index >= 15 is 0 Å². The summed E-state index contributed by atoms with van der Waals surface area (Å²) in [7, 11) is 4.20. The van der Waals surface area contributed by atoms with Crippen molar-refractivity contribution in [1.82, 2.24) is 4.90 Å². The third kappa shape index (κ3) is 3.99. The van der Waals surface area contributed by atoms with Crippen molar-refractivity contribution in [3.8, 4) is 11.1 Å². The van der Waals surface area contributed by atoms with Gasteiger partial charge >= 0.3 is 0 Å². The van der Waals surface area contributed by atoms with E-state index in [-0.39, 0.29) is 0 Å². The lowest BCUT2D eigenvalue weighted by molar-refractivity contribution is 0.400. The molecule has 2 rings (SSSR count). The van der Waals surface area contributed by atoms with Gasteiger partial charge in [-0.1, -0.05) is 53.5 Å². The molecule has 1 nitrogen and oxygen atoms in total. The van der Waals surface area contributed by atoms with Crippen molar-refractivity contribution in [3.63, 3.8) is 0 Å². The van der Waals surface area contributed by atoms with Gasteiger partial charge in [0.25, 0.3) is 0 Å². The van der Waals surface area contributed by atoms with Crippen LogP contribution in [0.3, 0.4) is 0 Å². The first kappa shape index (κ1) is 15.4. The maximum atomic E-state index is 6.12. The fourth-order valence-corrected chi connectivity index (χ4v) is 2.57. The molecular weight excluding hydrogens is 289 g/mol. The van der Waals surface area contributed by atoms with Gasteiger partial charge in [0.05, 0.1) is 10.0 Å². The summed E-state index contributed by atoms with van der Waals surface area (Å²) in [4.78, 5) is 2.21. The van der Waals surface area contributed by atoms with Gasteiger partial charge < -0.3 is 4.90 Å². The summed E-state index contributed by atoms with van der Waals surface area (Å²) in [5, 5.41) is 1.20. The fourth-order valence-electron chi connectivity index (χ4n) is 2.27. The van der Waals surface area contributed by atoms with Crippen LogP contribution in [-0.2, 0) is 6.42 Å². The SMILES string of the molecule is CN(C)CCCc1ccccc1-c1ccc(Cl)c(Cl)c1. The van der Waals surface area contributed by atoms with Crippen molar-refractivity contribution < 1.29 is 0 Å². The molecule has 0 radical (unpaired) electrons. The van der Waals surface area contributed by atoms with E-state index in [1.165, 1.54) is 11.1 Å². The molecule has 106 valence electrons. The summed E-state index contributed by atoms with van der Waals surface area (Å²) in [6, 6.07) is 14.3. The molecule has 0 saturated carbocycles. The van der Waals surface area contributed by atoms with E-state index in [9.17, 15) is 0 Å². The summed E-state index contributed by atoms with van der Waals surface area (Å²) in [5.74, 6) is 0. The van der Waals surface area contributed by atoms with Crippen LogP contribution in [0.5, 0.6) is 0 Å². The highest BCUT2D eigenvalue weighted by Gasteiger charge is 2.07. The van der Waals surface area contributed by atoms with Crippen LogP contribution in [0.1, 0.15) is 12.0 Å². The molecule has 2 aromatic carbocycles. The Morgan fingerprint density at radius 2 is 1.70 bits per heavy atom. The molecule has 0 aliphatic rings. The van der Waals surface area contributed by atoms with E-state index < -0.39 is 0 Å². The lowest BCUT2D eigenvalue weighted by atomic mass is 9.97. The van der Waals surface area contributed by atoms with Crippen LogP contribution >= 0.6 is 23.2 Å². The molecular formula is C17H19Cl2N. The first-order valence-electron chi connectivity index (χ1n) is 6.76. The van der Waals surface area contributed by atoms with Gasteiger partial charge in [0, 0.05) is 0 Å². The van der Waals surface area contributed by atoms with Crippen LogP contribution in [0.25, 0.3) is 11.1 Å². The van der Waals surface area contributed by atoms with Crippen LogP contribution in [-0.4, -0.2) is 25.5 Å². The molecule has 0 spiro atoms. The van der Waals surface area contributed by atoms with Crippen molar-refractivity contribution in [2.24, 2.45) is 0 Å². The van der Waals surface area contributed by atoms with Crippen molar-refractivity contribution >= 4 is 23.2 Å². The molecule has 0 aromatic heterocycles. The molecule has 20 heavy (non-hydrogen) atoms. The Morgan fingerprint density at radius 1 is 0.950 bits per heavy atom. The number of halogens is 2. The molecule has 0 heterocycles. The third-order valence-corrected chi connectivity index (χ3v) is 4.04. The second kappa shape index (κ2) is 7.12. The Labute approximate surface area is 131 Å². The van der Waals surface area contributed by atoms with E-state index in [1.54, 1.807) is 0 Å². The Balaban J connectivity index is 2.24. The number of aryl methyl sites for hydroxylation is 1. The van der Waals surface area contributed by atoms with E-state index in [0.717, 1.165) is 24.9 Å². The number of nitrogens with zero attached hydrogens (tertiary/aromatic N) is 1. The Kier molecular flexibility index (Phi) is 5.47. The van der Waals surface area contributed by atoms with E-state index in [1.807, 2.05) is 18.2 Å². The quantitative estimate of drug-likeness (QED) is 0.738. The topological polar surface area (TPSA) is 3.24 Å². The number of rotatable bonds is 5. The maximum absolute atomic E-state index is 6.12. The average Bonchev–Trinajstić information content (AvgIpc) is 2.42. The zero-order chi connectivity index (χ0) is 14.5. The predicted octanol–water partition coefficient (Wildman–Crippen LogP) is 5.15. The first-order chi connectivity index (χ1) is 9.58. The van der Waals surface area contributed by atoms with Crippen molar-refractivity contribution in [3.05, 3.63) is 58.1 Å². The Morgan fingerprint density at radius 3 is 2.40 bits per heavy atom. The number of benzene rings is 2. The fraction of sp³-hybridized carbons (Fsp3) is 0.294. The highest BCUT2D eigenvalue weighted by molar-refractivity contribution is 6.42. The van der Waals surface area contributed by atoms with E-state index in [4.69, 9.17) is 23.2 Å². The smallest absolute Gasteiger partial charge is 0.0598 e. The van der Waals surface area contributed by atoms with Gasteiger partial charge in [-0.3, -0.25) is 0 Å². The largest absolute Gasteiger partial charge is 0.309 e. The molecule has 2 aromatic rings. The monoisotopic (exact) mass is 307 g/mol. The highest BCUT2D eigenvalue weighted by Crippen LogP contribution is 2.30. The lowest BCUT2D eigenvalue weighted by Crippen LogP contribution is -2.13. The van der Waals surface area contributed by atoms with Gasteiger partial charge in [-0.15, -0.1) is 0 Å². The minimum Gasteiger partial charge on any atom is -0.309 e. The second-order valence-electron chi connectivity index (χ2n) is 5.19. The minimum atomic E-state index is 0.598. The van der Waals surface area contributed by atoms with Gasteiger partial charge in [0.15, 0.2) is 0 Å². The third-order valence-electron chi connectivity index (χ3n) is 3.30. The Hall–Kier alpha value is -1.02. The maximum Gasteiger partial charge on any atom is 0.0598 e. The second-order valence-corrected chi connectivity index (χ2v) is 6.01. The van der Waals surface area contributed by atoms with Crippen molar-refractivity contribution in [2.75, 3.05) is 20.6 Å². The average molecular weight is 308 g/mol. The van der Waals surface area contributed by atoms with Crippen molar-refractivity contribution in [2.45, 2.75) is 12.8 Å². The predicted molar refractivity (Wildman–Crippen MR) is 88.8 cm³/mol. The first-order valence-corrected chi connectivity index (χ1v) is 7.51. The van der Waals surface area contributed by atoms with Crippen LogP contribution < -0.4 is 0 Å². The normalized spacial score (nSPS) is 11.1. The number of hydrogen-bond acceptors (Lipinski definition) is 1. The molecule has 0 unspecified atom stereocenters. The van der Waals surface area contributed by atoms with E-state index in [2.05, 4.69) is 43.3 Å². The van der Waals surface area contributed by atoms with Crippen LogP contribution in [0.15, 0.2) is 42.5 Å². The van der Waals surface area contributed by atoms with Gasteiger partial charge in [0.2, 0.25) is 0 Å². The van der Waals surface area contributed by atoms with Gasteiger partial charge in [-0.05, 0) is 62.3 Å². The van der Waals surface area contributed by atoms with Crippen LogP contribution in [0.4, 0.5) is 0 Å². The summed E-state index contributed by atoms with van der Waals surface area (Å²) >= 11 is 12.1. The molecule has 0 amide bonds.